The van der Waals surface area contributed by atoms with Crippen LogP contribution in [-0.2, 0) is 17.7 Å². The molecule has 1 aliphatic heterocycles. The summed E-state index contributed by atoms with van der Waals surface area (Å²) in [5, 5.41) is 23.5. The van der Waals surface area contributed by atoms with Gasteiger partial charge in [0.25, 0.3) is 0 Å². The molecule has 1 aliphatic rings. The summed E-state index contributed by atoms with van der Waals surface area (Å²) < 4.78 is 7.38. The molecule has 0 saturated heterocycles. The van der Waals surface area contributed by atoms with Crippen molar-refractivity contribution in [3.05, 3.63) is 59.4 Å². The van der Waals surface area contributed by atoms with Gasteiger partial charge in [0.05, 0.1) is 28.1 Å². The van der Waals surface area contributed by atoms with E-state index in [1.165, 1.54) is 11.1 Å². The van der Waals surface area contributed by atoms with Gasteiger partial charge in [-0.3, -0.25) is 10.8 Å². The molecule has 196 valence electrons. The first-order valence-electron chi connectivity index (χ1n) is 12.6. The van der Waals surface area contributed by atoms with E-state index in [1.807, 2.05) is 33.2 Å². The third kappa shape index (κ3) is 4.90. The molecular weight excluding hydrogens is 478 g/mol. The van der Waals surface area contributed by atoms with Crippen LogP contribution in [0.4, 0.5) is 23.0 Å². The number of nitrogen functional groups attached to an aromatic ring is 1. The largest absolute Gasteiger partial charge is 0.428 e. The highest BCUT2D eigenvalue weighted by atomic mass is 16.5. The van der Waals surface area contributed by atoms with E-state index >= 15 is 0 Å². The zero-order chi connectivity index (χ0) is 26.8. The van der Waals surface area contributed by atoms with E-state index in [2.05, 4.69) is 49.5 Å². The van der Waals surface area contributed by atoms with Gasteiger partial charge in [-0.15, -0.1) is 0 Å². The number of hydrogen-bond acceptors (Lipinski definition) is 9. The molecule has 38 heavy (non-hydrogen) atoms. The SMILES string of the molecule is Cc1cc(NCCN(C)C)c(N)cc1Nc1ncc(C(=N)OC=N)c(-c2cn3c4c(cccc24)CCC3)n1. The zero-order valence-electron chi connectivity index (χ0n) is 21.9. The van der Waals surface area contributed by atoms with E-state index < -0.39 is 0 Å². The Bertz CT molecular complexity index is 1520. The molecule has 0 spiro atoms. The minimum Gasteiger partial charge on any atom is -0.428 e. The minimum atomic E-state index is -0.179. The lowest BCUT2D eigenvalue weighted by Gasteiger charge is -2.16. The van der Waals surface area contributed by atoms with Crippen LogP contribution in [0.3, 0.4) is 0 Å². The second-order valence-corrected chi connectivity index (χ2v) is 9.78. The number of benzene rings is 2. The molecule has 10 heteroatoms. The van der Waals surface area contributed by atoms with Crippen LogP contribution in [0, 0.1) is 17.7 Å². The Morgan fingerprint density at radius 3 is 2.89 bits per heavy atom. The van der Waals surface area contributed by atoms with Crippen LogP contribution in [0.25, 0.3) is 22.2 Å². The van der Waals surface area contributed by atoms with Crippen molar-refractivity contribution < 1.29 is 4.74 Å². The second kappa shape index (κ2) is 10.5. The fraction of sp³-hybridized carbons (Fsp3) is 0.286. The number of likely N-dealkylation sites (N-methyl/N-ethyl adjacent to an activating group) is 1. The molecule has 3 heterocycles. The normalized spacial score (nSPS) is 12.5. The fourth-order valence-corrected chi connectivity index (χ4v) is 4.93. The highest BCUT2D eigenvalue weighted by Gasteiger charge is 2.22. The van der Waals surface area contributed by atoms with E-state index in [9.17, 15) is 0 Å². The summed E-state index contributed by atoms with van der Waals surface area (Å²) in [4.78, 5) is 11.4. The lowest BCUT2D eigenvalue weighted by molar-refractivity contribution is 0.425. The molecule has 2 aromatic carbocycles. The van der Waals surface area contributed by atoms with Gasteiger partial charge in [0, 0.05) is 48.7 Å². The molecule has 0 unspecified atom stereocenters. The van der Waals surface area contributed by atoms with Crippen LogP contribution in [0.5, 0.6) is 0 Å². The summed E-state index contributed by atoms with van der Waals surface area (Å²) in [5.74, 6) is 0.205. The molecule has 4 aromatic rings. The number of rotatable bonds is 9. The summed E-state index contributed by atoms with van der Waals surface area (Å²) >= 11 is 0. The first kappa shape index (κ1) is 25.2. The average Bonchev–Trinajstić information content (AvgIpc) is 3.27. The van der Waals surface area contributed by atoms with Crippen molar-refractivity contribution in [2.45, 2.75) is 26.3 Å². The number of para-hydroxylation sites is 1. The van der Waals surface area contributed by atoms with Crippen molar-refractivity contribution in [1.82, 2.24) is 19.4 Å². The number of anilines is 4. The molecule has 0 atom stereocenters. The maximum atomic E-state index is 8.39. The minimum absolute atomic E-state index is 0.179. The van der Waals surface area contributed by atoms with E-state index in [-0.39, 0.29) is 5.90 Å². The van der Waals surface area contributed by atoms with Crippen LogP contribution in [-0.4, -0.2) is 58.9 Å². The van der Waals surface area contributed by atoms with E-state index in [1.54, 1.807) is 6.20 Å². The van der Waals surface area contributed by atoms with Crippen LogP contribution in [0.15, 0.2) is 42.7 Å². The molecule has 0 aliphatic carbocycles. The van der Waals surface area contributed by atoms with Gasteiger partial charge in [0.1, 0.15) is 0 Å². The first-order valence-corrected chi connectivity index (χ1v) is 12.6. The predicted molar refractivity (Wildman–Crippen MR) is 154 cm³/mol. The molecule has 0 fully saturated rings. The van der Waals surface area contributed by atoms with Crippen LogP contribution >= 0.6 is 0 Å². The van der Waals surface area contributed by atoms with E-state index in [0.717, 1.165) is 66.8 Å². The van der Waals surface area contributed by atoms with Crippen molar-refractivity contribution in [3.63, 3.8) is 0 Å². The van der Waals surface area contributed by atoms with Crippen molar-refractivity contribution in [2.24, 2.45) is 0 Å². The molecule has 0 bridgehead atoms. The highest BCUT2D eigenvalue weighted by molar-refractivity contribution is 6.05. The third-order valence-corrected chi connectivity index (χ3v) is 6.81. The van der Waals surface area contributed by atoms with Gasteiger partial charge in [-0.05, 0) is 57.1 Å². The van der Waals surface area contributed by atoms with Gasteiger partial charge in [0.15, 0.2) is 6.40 Å². The Morgan fingerprint density at radius 1 is 1.26 bits per heavy atom. The Labute approximate surface area is 221 Å². The number of aromatic nitrogens is 3. The van der Waals surface area contributed by atoms with Crippen molar-refractivity contribution >= 4 is 46.2 Å². The highest BCUT2D eigenvalue weighted by Crippen LogP contribution is 2.37. The quantitative estimate of drug-likeness (QED) is 0.126. The number of aryl methyl sites for hydroxylation is 3. The lowest BCUT2D eigenvalue weighted by atomic mass is 10.0. The molecule has 10 nitrogen and oxygen atoms in total. The predicted octanol–water partition coefficient (Wildman–Crippen LogP) is 4.60. The smallest absolute Gasteiger partial charge is 0.227 e. The molecule has 6 N–H and O–H groups in total. The van der Waals surface area contributed by atoms with Gasteiger partial charge in [-0.1, -0.05) is 18.2 Å². The van der Waals surface area contributed by atoms with Crippen LogP contribution in [0.2, 0.25) is 0 Å². The molecule has 0 radical (unpaired) electrons. The van der Waals surface area contributed by atoms with E-state index in [4.69, 9.17) is 26.3 Å². The summed E-state index contributed by atoms with van der Waals surface area (Å²) in [5.41, 5.74) is 14.1. The zero-order valence-corrected chi connectivity index (χ0v) is 21.9. The lowest BCUT2D eigenvalue weighted by Crippen LogP contribution is -2.21. The molecular formula is C28H33N9O. The summed E-state index contributed by atoms with van der Waals surface area (Å²) in [6.45, 7) is 4.62. The fourth-order valence-electron chi connectivity index (χ4n) is 4.93. The number of nitrogens with zero attached hydrogens (tertiary/aromatic N) is 4. The van der Waals surface area contributed by atoms with Crippen LogP contribution in [0.1, 0.15) is 23.1 Å². The summed E-state index contributed by atoms with van der Waals surface area (Å²) in [6, 6.07) is 10.2. The number of ether oxygens (including phenoxy) is 1. The van der Waals surface area contributed by atoms with Crippen molar-refractivity contribution in [2.75, 3.05) is 43.6 Å². The average molecular weight is 512 g/mol. The summed E-state index contributed by atoms with van der Waals surface area (Å²) in [6.07, 6.45) is 6.53. The second-order valence-electron chi connectivity index (χ2n) is 9.78. The Balaban J connectivity index is 1.53. The number of nitrogens with two attached hydrogens (primary N) is 1. The van der Waals surface area contributed by atoms with E-state index in [0.29, 0.717) is 22.9 Å². The van der Waals surface area contributed by atoms with Crippen molar-refractivity contribution in [3.8, 4) is 11.3 Å². The summed E-state index contributed by atoms with van der Waals surface area (Å²) in [7, 11) is 4.07. The Morgan fingerprint density at radius 2 is 2.11 bits per heavy atom. The molecule has 0 amide bonds. The van der Waals surface area contributed by atoms with Gasteiger partial charge >= 0.3 is 0 Å². The first-order chi connectivity index (χ1) is 18.4. The number of nitrogens with one attached hydrogen (secondary N) is 4. The van der Waals surface area contributed by atoms with Gasteiger partial charge in [-0.25, -0.2) is 9.97 Å². The topological polar surface area (TPSA) is 141 Å². The molecule has 0 saturated carbocycles. The standard InChI is InChI=1S/C28H33N9O/c1-17-12-24(32-9-11-36(2)3)22(30)13-23(17)34-28-33-14-20(27(31)38-16-29)25(35-28)21-15-37-10-5-7-18-6-4-8-19(21)26(18)37/h4,6,8,12-16,29,31-32H,5,7,9-11,30H2,1-3H3,(H,33,34,35). The third-order valence-electron chi connectivity index (χ3n) is 6.81. The Hall–Kier alpha value is -4.44. The molecule has 5 rings (SSSR count). The van der Waals surface area contributed by atoms with Gasteiger partial charge < -0.3 is 30.6 Å². The Kier molecular flexibility index (Phi) is 6.97. The van der Waals surface area contributed by atoms with Gasteiger partial charge in [-0.2, -0.15) is 0 Å². The number of hydrogen-bond donors (Lipinski definition) is 5. The van der Waals surface area contributed by atoms with Crippen molar-refractivity contribution in [1.29, 1.82) is 10.8 Å². The van der Waals surface area contributed by atoms with Gasteiger partial charge in [0.2, 0.25) is 11.8 Å². The molecule has 2 aromatic heterocycles. The monoisotopic (exact) mass is 511 g/mol. The van der Waals surface area contributed by atoms with Crippen LogP contribution < -0.4 is 16.4 Å². The maximum absolute atomic E-state index is 8.39. The maximum Gasteiger partial charge on any atom is 0.227 e.